The van der Waals surface area contributed by atoms with Gasteiger partial charge in [0.1, 0.15) is 11.6 Å². The average molecular weight is 343 g/mol. The highest BCUT2D eigenvalue weighted by molar-refractivity contribution is 14.1. The van der Waals surface area contributed by atoms with Gasteiger partial charge in [-0.2, -0.15) is 0 Å². The lowest BCUT2D eigenvalue weighted by molar-refractivity contribution is 0.405. The largest absolute Gasteiger partial charge is 0.369 e. The first-order chi connectivity index (χ1) is 8.28. The molecule has 3 unspecified atom stereocenters. The second-order valence-corrected chi connectivity index (χ2v) is 6.40. The van der Waals surface area contributed by atoms with Gasteiger partial charge >= 0.3 is 0 Å². The predicted octanol–water partition coefficient (Wildman–Crippen LogP) is 3.42. The highest BCUT2D eigenvalue weighted by atomic mass is 127. The monoisotopic (exact) mass is 343 g/mol. The lowest BCUT2D eigenvalue weighted by Crippen LogP contribution is -2.14. The molecule has 1 heterocycles. The molecule has 3 rings (SSSR count). The van der Waals surface area contributed by atoms with Crippen LogP contribution in [0.1, 0.15) is 44.3 Å². The number of fused-ring (bicyclic) bond motifs is 2. The zero-order valence-electron chi connectivity index (χ0n) is 10.1. The molecule has 2 saturated carbocycles. The summed E-state index contributed by atoms with van der Waals surface area (Å²) in [5, 5.41) is 3.33. The molecular formula is C13H18IN3. The van der Waals surface area contributed by atoms with Crippen LogP contribution in [0.3, 0.4) is 0 Å². The topological polar surface area (TPSA) is 37.8 Å². The lowest BCUT2D eigenvalue weighted by Gasteiger charge is -2.20. The fourth-order valence-electron chi connectivity index (χ4n) is 3.41. The molecule has 1 aromatic rings. The Balaban J connectivity index is 1.85. The van der Waals surface area contributed by atoms with Crippen LogP contribution < -0.4 is 5.32 Å². The van der Waals surface area contributed by atoms with Gasteiger partial charge in [-0.05, 0) is 60.6 Å². The maximum atomic E-state index is 4.73. The maximum absolute atomic E-state index is 4.73. The summed E-state index contributed by atoms with van der Waals surface area (Å²) in [4.78, 5) is 9.30. The van der Waals surface area contributed by atoms with E-state index in [0.717, 1.165) is 33.6 Å². The lowest BCUT2D eigenvalue weighted by atomic mass is 9.88. The maximum Gasteiger partial charge on any atom is 0.143 e. The molecule has 0 amide bonds. The van der Waals surface area contributed by atoms with E-state index in [1.54, 1.807) is 0 Å². The number of nitrogens with one attached hydrogen (secondary N) is 1. The summed E-state index contributed by atoms with van der Waals surface area (Å²) in [5.74, 6) is 4.53. The Kier molecular flexibility index (Phi) is 3.23. The van der Waals surface area contributed by atoms with Gasteiger partial charge in [-0.15, -0.1) is 0 Å². The van der Waals surface area contributed by atoms with Gasteiger partial charge in [0.2, 0.25) is 0 Å². The minimum absolute atomic E-state index is 0.628. The summed E-state index contributed by atoms with van der Waals surface area (Å²) in [6, 6.07) is 0. The van der Waals surface area contributed by atoms with Gasteiger partial charge in [0.05, 0.1) is 3.57 Å². The first kappa shape index (κ1) is 11.7. The Labute approximate surface area is 116 Å². The van der Waals surface area contributed by atoms with Crippen molar-refractivity contribution < 1.29 is 0 Å². The highest BCUT2D eigenvalue weighted by Gasteiger charge is 2.41. The number of halogens is 1. The van der Waals surface area contributed by atoms with Crippen LogP contribution in [-0.4, -0.2) is 16.5 Å². The number of aromatic nitrogens is 2. The Morgan fingerprint density at radius 3 is 2.94 bits per heavy atom. The van der Waals surface area contributed by atoms with Gasteiger partial charge in [0.15, 0.2) is 0 Å². The zero-order chi connectivity index (χ0) is 11.8. The van der Waals surface area contributed by atoms with E-state index in [4.69, 9.17) is 4.98 Å². The smallest absolute Gasteiger partial charge is 0.143 e. The third kappa shape index (κ3) is 2.16. The van der Waals surface area contributed by atoms with E-state index in [0.29, 0.717) is 5.92 Å². The van der Waals surface area contributed by atoms with Crippen LogP contribution in [0, 0.1) is 15.4 Å². The van der Waals surface area contributed by atoms with Crippen LogP contribution in [-0.2, 0) is 0 Å². The van der Waals surface area contributed by atoms with Crippen molar-refractivity contribution in [2.75, 3.05) is 11.9 Å². The van der Waals surface area contributed by atoms with Gasteiger partial charge in [-0.25, -0.2) is 9.97 Å². The van der Waals surface area contributed by atoms with Crippen molar-refractivity contribution in [3.05, 3.63) is 15.6 Å². The fraction of sp³-hybridized carbons (Fsp3) is 0.692. The average Bonchev–Trinajstić information content (AvgIpc) is 2.94. The molecule has 17 heavy (non-hydrogen) atoms. The summed E-state index contributed by atoms with van der Waals surface area (Å²) in [5.41, 5.74) is 0. The van der Waals surface area contributed by atoms with E-state index in [-0.39, 0.29) is 0 Å². The number of hydrogen-bond donors (Lipinski definition) is 1. The highest BCUT2D eigenvalue weighted by Crippen LogP contribution is 2.52. The van der Waals surface area contributed by atoms with Gasteiger partial charge in [-0.3, -0.25) is 0 Å². The van der Waals surface area contributed by atoms with Crippen LogP contribution in [0.25, 0.3) is 0 Å². The fourth-order valence-corrected chi connectivity index (χ4v) is 3.86. The molecule has 0 saturated heterocycles. The van der Waals surface area contributed by atoms with Gasteiger partial charge < -0.3 is 5.32 Å². The molecule has 92 valence electrons. The summed E-state index contributed by atoms with van der Waals surface area (Å²) in [7, 11) is 0. The quantitative estimate of drug-likeness (QED) is 0.855. The van der Waals surface area contributed by atoms with E-state index in [1.807, 2.05) is 6.20 Å². The molecule has 2 fully saturated rings. The van der Waals surface area contributed by atoms with Crippen molar-refractivity contribution in [2.24, 2.45) is 11.8 Å². The molecule has 2 aliphatic carbocycles. The van der Waals surface area contributed by atoms with Gasteiger partial charge in [0.25, 0.3) is 0 Å². The standard InChI is InChI=1S/C13H18IN3/c1-2-15-13-11(14)7-16-12(17-13)10-6-8-3-4-9(10)5-8/h7-10H,2-6H2,1H3,(H,15,16,17). The molecule has 0 radical (unpaired) electrons. The normalized spacial score (nSPS) is 30.8. The molecule has 0 aromatic carbocycles. The molecule has 2 aliphatic rings. The summed E-state index contributed by atoms with van der Waals surface area (Å²) in [6.45, 7) is 3.03. The van der Waals surface area contributed by atoms with Crippen LogP contribution in [0.15, 0.2) is 6.20 Å². The minimum Gasteiger partial charge on any atom is -0.369 e. The van der Waals surface area contributed by atoms with E-state index < -0.39 is 0 Å². The molecule has 2 bridgehead atoms. The number of anilines is 1. The van der Waals surface area contributed by atoms with Crippen molar-refractivity contribution in [3.63, 3.8) is 0 Å². The van der Waals surface area contributed by atoms with Crippen molar-refractivity contribution in [1.82, 2.24) is 9.97 Å². The molecule has 1 aromatic heterocycles. The number of nitrogens with zero attached hydrogens (tertiary/aromatic N) is 2. The number of rotatable bonds is 3. The molecular weight excluding hydrogens is 325 g/mol. The molecule has 0 aliphatic heterocycles. The summed E-state index contributed by atoms with van der Waals surface area (Å²) >= 11 is 2.30. The zero-order valence-corrected chi connectivity index (χ0v) is 12.3. The Bertz CT molecular complexity index is 421. The van der Waals surface area contributed by atoms with E-state index in [9.17, 15) is 0 Å². The van der Waals surface area contributed by atoms with E-state index in [2.05, 4.69) is 39.8 Å². The molecule has 3 nitrogen and oxygen atoms in total. The first-order valence-electron chi connectivity index (χ1n) is 6.54. The van der Waals surface area contributed by atoms with Crippen LogP contribution in [0.4, 0.5) is 5.82 Å². The van der Waals surface area contributed by atoms with Crippen LogP contribution in [0.2, 0.25) is 0 Å². The molecule has 3 atom stereocenters. The van der Waals surface area contributed by atoms with E-state index in [1.165, 1.54) is 25.7 Å². The molecule has 4 heteroatoms. The predicted molar refractivity (Wildman–Crippen MR) is 77.1 cm³/mol. The van der Waals surface area contributed by atoms with Crippen LogP contribution >= 0.6 is 22.6 Å². The van der Waals surface area contributed by atoms with Crippen LogP contribution in [0.5, 0.6) is 0 Å². The van der Waals surface area contributed by atoms with Crippen molar-refractivity contribution in [2.45, 2.75) is 38.5 Å². The molecule has 1 N–H and O–H groups in total. The van der Waals surface area contributed by atoms with E-state index >= 15 is 0 Å². The molecule has 0 spiro atoms. The third-order valence-corrected chi connectivity index (χ3v) is 4.97. The Morgan fingerprint density at radius 1 is 1.41 bits per heavy atom. The SMILES string of the molecule is CCNc1nc(C2CC3CCC2C3)ncc1I. The van der Waals surface area contributed by atoms with Crippen molar-refractivity contribution in [1.29, 1.82) is 0 Å². The Morgan fingerprint density at radius 2 is 2.29 bits per heavy atom. The number of hydrogen-bond acceptors (Lipinski definition) is 3. The second kappa shape index (κ2) is 4.71. The van der Waals surface area contributed by atoms with Crippen molar-refractivity contribution in [3.8, 4) is 0 Å². The van der Waals surface area contributed by atoms with Gasteiger partial charge in [-0.1, -0.05) is 6.42 Å². The minimum atomic E-state index is 0.628. The summed E-state index contributed by atoms with van der Waals surface area (Å²) < 4.78 is 1.12. The second-order valence-electron chi connectivity index (χ2n) is 5.24. The van der Waals surface area contributed by atoms with Crippen molar-refractivity contribution >= 4 is 28.4 Å². The van der Waals surface area contributed by atoms with Gasteiger partial charge in [0, 0.05) is 18.7 Å². The Hall–Kier alpha value is -0.390. The first-order valence-corrected chi connectivity index (χ1v) is 7.62. The summed E-state index contributed by atoms with van der Waals surface area (Å²) in [6.07, 6.45) is 7.52. The third-order valence-electron chi connectivity index (χ3n) is 4.18.